The first-order valence-electron chi connectivity index (χ1n) is 6.21. The molecule has 2 aromatic carbocycles. The van der Waals surface area contributed by atoms with Crippen molar-refractivity contribution < 1.29 is 0 Å². The lowest BCUT2D eigenvalue weighted by molar-refractivity contribution is 0.960. The maximum Gasteiger partial charge on any atom is 0.129 e. The van der Waals surface area contributed by atoms with Crippen LogP contribution >= 0.6 is 0 Å². The largest absolute Gasteiger partial charge is 0.368 e. The van der Waals surface area contributed by atoms with E-state index in [0.29, 0.717) is 0 Å². The Labute approximate surface area is 105 Å². The second-order valence-electron chi connectivity index (χ2n) is 4.56. The monoisotopic (exact) mass is 235 g/mol. The summed E-state index contributed by atoms with van der Waals surface area (Å²) in [6, 6.07) is 14.7. The fourth-order valence-electron chi connectivity index (χ4n) is 2.68. The topological polar surface area (TPSA) is 40.2 Å². The van der Waals surface area contributed by atoms with Crippen LogP contribution in [0.3, 0.4) is 0 Å². The zero-order chi connectivity index (χ0) is 11.9. The molecule has 0 spiro atoms. The van der Waals surface area contributed by atoms with Crippen LogP contribution in [0.4, 0.5) is 0 Å². The second-order valence-corrected chi connectivity index (χ2v) is 4.56. The van der Waals surface area contributed by atoms with E-state index in [0.717, 1.165) is 18.9 Å². The molecule has 2 N–H and O–H groups in total. The van der Waals surface area contributed by atoms with E-state index in [4.69, 9.17) is 0 Å². The predicted molar refractivity (Wildman–Crippen MR) is 75.2 cm³/mol. The van der Waals surface area contributed by atoms with E-state index in [2.05, 4.69) is 57.8 Å². The van der Waals surface area contributed by atoms with Crippen molar-refractivity contribution in [2.75, 3.05) is 13.1 Å². The first-order chi connectivity index (χ1) is 8.93. The van der Waals surface area contributed by atoms with Gasteiger partial charge in [0.15, 0.2) is 0 Å². The van der Waals surface area contributed by atoms with Gasteiger partial charge >= 0.3 is 0 Å². The van der Waals surface area contributed by atoms with Gasteiger partial charge in [0, 0.05) is 33.9 Å². The molecule has 0 aliphatic carbocycles. The number of aromatic nitrogens is 1. The number of amidine groups is 1. The van der Waals surface area contributed by atoms with Gasteiger partial charge in [-0.2, -0.15) is 0 Å². The number of fused-ring (bicyclic) bond motifs is 3. The summed E-state index contributed by atoms with van der Waals surface area (Å²) in [5.74, 6) is 1.02. The number of rotatable bonds is 1. The molecule has 0 radical (unpaired) electrons. The number of para-hydroxylation sites is 1. The van der Waals surface area contributed by atoms with Gasteiger partial charge in [-0.25, -0.2) is 0 Å². The van der Waals surface area contributed by atoms with Gasteiger partial charge in [-0.3, -0.25) is 4.99 Å². The van der Waals surface area contributed by atoms with E-state index in [9.17, 15) is 0 Å². The number of aliphatic imine (C=N–C) groups is 1. The molecule has 0 unspecified atom stereocenters. The third kappa shape index (κ3) is 1.27. The van der Waals surface area contributed by atoms with Gasteiger partial charge in [-0.1, -0.05) is 30.3 Å². The standard InChI is InChI=1S/C15H13N3/c1-2-6-12-10(4-1)14-11(15-16-8-9-17-15)5-3-7-13(14)18-12/h1-7,18H,8-9H2,(H,16,17). The summed E-state index contributed by atoms with van der Waals surface area (Å²) in [6.45, 7) is 1.81. The average Bonchev–Trinajstić information content (AvgIpc) is 3.05. The van der Waals surface area contributed by atoms with Gasteiger partial charge in [0.25, 0.3) is 0 Å². The fourth-order valence-corrected chi connectivity index (χ4v) is 2.68. The molecule has 3 nitrogen and oxygen atoms in total. The van der Waals surface area contributed by atoms with Crippen LogP contribution in [0.25, 0.3) is 21.8 Å². The van der Waals surface area contributed by atoms with Crippen LogP contribution in [0.2, 0.25) is 0 Å². The van der Waals surface area contributed by atoms with Crippen LogP contribution in [0.1, 0.15) is 5.56 Å². The van der Waals surface area contributed by atoms with E-state index in [-0.39, 0.29) is 0 Å². The van der Waals surface area contributed by atoms with Gasteiger partial charge in [0.2, 0.25) is 0 Å². The second kappa shape index (κ2) is 3.60. The van der Waals surface area contributed by atoms with Gasteiger partial charge in [-0.05, 0) is 12.1 Å². The van der Waals surface area contributed by atoms with Gasteiger partial charge in [-0.15, -0.1) is 0 Å². The molecule has 3 aromatic rings. The minimum absolute atomic E-state index is 0.869. The van der Waals surface area contributed by atoms with Crippen LogP contribution < -0.4 is 5.32 Å². The first-order valence-corrected chi connectivity index (χ1v) is 6.21. The van der Waals surface area contributed by atoms with Crippen LogP contribution in [0, 0.1) is 0 Å². The summed E-state index contributed by atoms with van der Waals surface area (Å²) >= 11 is 0. The molecule has 0 saturated heterocycles. The third-order valence-electron chi connectivity index (χ3n) is 3.46. The van der Waals surface area contributed by atoms with E-state index < -0.39 is 0 Å². The minimum Gasteiger partial charge on any atom is -0.368 e. The van der Waals surface area contributed by atoms with Crippen molar-refractivity contribution in [3.05, 3.63) is 48.0 Å². The molecule has 0 saturated carbocycles. The van der Waals surface area contributed by atoms with Crippen LogP contribution in [-0.2, 0) is 0 Å². The quantitative estimate of drug-likeness (QED) is 0.669. The average molecular weight is 235 g/mol. The summed E-state index contributed by atoms with van der Waals surface area (Å²) < 4.78 is 0. The van der Waals surface area contributed by atoms with E-state index in [1.807, 2.05) is 0 Å². The van der Waals surface area contributed by atoms with Crippen molar-refractivity contribution in [3.63, 3.8) is 0 Å². The molecule has 0 fully saturated rings. The van der Waals surface area contributed by atoms with Crippen molar-refractivity contribution >= 4 is 27.6 Å². The van der Waals surface area contributed by atoms with E-state index in [1.165, 1.54) is 27.4 Å². The molecule has 3 heteroatoms. The number of aromatic amines is 1. The number of hydrogen-bond donors (Lipinski definition) is 2. The highest BCUT2D eigenvalue weighted by Gasteiger charge is 2.14. The van der Waals surface area contributed by atoms with Crippen molar-refractivity contribution in [3.8, 4) is 0 Å². The molecule has 1 aromatic heterocycles. The highest BCUT2D eigenvalue weighted by Crippen LogP contribution is 2.28. The van der Waals surface area contributed by atoms with Crippen molar-refractivity contribution in [2.45, 2.75) is 0 Å². The Morgan fingerprint density at radius 3 is 2.72 bits per heavy atom. The molecule has 18 heavy (non-hydrogen) atoms. The molecular weight excluding hydrogens is 222 g/mol. The molecule has 0 amide bonds. The van der Waals surface area contributed by atoms with Gasteiger partial charge < -0.3 is 10.3 Å². The molecule has 1 aliphatic heterocycles. The number of nitrogens with zero attached hydrogens (tertiary/aromatic N) is 1. The van der Waals surface area contributed by atoms with E-state index in [1.54, 1.807) is 0 Å². The normalized spacial score (nSPS) is 15.0. The fraction of sp³-hybridized carbons (Fsp3) is 0.133. The lowest BCUT2D eigenvalue weighted by atomic mass is 10.1. The smallest absolute Gasteiger partial charge is 0.129 e. The van der Waals surface area contributed by atoms with Gasteiger partial charge in [0.05, 0.1) is 6.54 Å². The molecule has 0 atom stereocenters. The third-order valence-corrected chi connectivity index (χ3v) is 3.46. The van der Waals surface area contributed by atoms with Crippen molar-refractivity contribution in [1.82, 2.24) is 10.3 Å². The summed E-state index contributed by atoms with van der Waals surface area (Å²) in [5, 5.41) is 5.88. The predicted octanol–water partition coefficient (Wildman–Crippen LogP) is 2.67. The Morgan fingerprint density at radius 2 is 1.83 bits per heavy atom. The number of benzene rings is 2. The number of nitrogens with one attached hydrogen (secondary N) is 2. The van der Waals surface area contributed by atoms with Crippen molar-refractivity contribution in [1.29, 1.82) is 0 Å². The summed E-state index contributed by atoms with van der Waals surface area (Å²) in [4.78, 5) is 7.99. The molecule has 0 bridgehead atoms. The zero-order valence-corrected chi connectivity index (χ0v) is 9.90. The Balaban J connectivity index is 2.13. The molecule has 4 rings (SSSR count). The lowest BCUT2D eigenvalue weighted by Crippen LogP contribution is -2.19. The Bertz CT molecular complexity index is 768. The van der Waals surface area contributed by atoms with Gasteiger partial charge in [0.1, 0.15) is 5.84 Å². The van der Waals surface area contributed by atoms with E-state index >= 15 is 0 Å². The summed E-state index contributed by atoms with van der Waals surface area (Å²) in [6.07, 6.45) is 0. The Morgan fingerprint density at radius 1 is 0.944 bits per heavy atom. The van der Waals surface area contributed by atoms with Crippen LogP contribution in [0.5, 0.6) is 0 Å². The maximum absolute atomic E-state index is 4.53. The molecule has 2 heterocycles. The number of H-pyrrole nitrogens is 1. The summed E-state index contributed by atoms with van der Waals surface area (Å²) in [5.41, 5.74) is 3.55. The summed E-state index contributed by atoms with van der Waals surface area (Å²) in [7, 11) is 0. The Kier molecular flexibility index (Phi) is 1.94. The first kappa shape index (κ1) is 9.71. The Hall–Kier alpha value is -2.29. The maximum atomic E-state index is 4.53. The van der Waals surface area contributed by atoms with Crippen molar-refractivity contribution in [2.24, 2.45) is 4.99 Å². The SMILES string of the molecule is c1ccc2c(c1)[nH]c1cccc(C3=NCCN3)c12. The zero-order valence-electron chi connectivity index (χ0n) is 9.90. The minimum atomic E-state index is 0.869. The molecule has 88 valence electrons. The van der Waals surface area contributed by atoms with Crippen LogP contribution in [-0.4, -0.2) is 23.9 Å². The molecule has 1 aliphatic rings. The molecular formula is C15H13N3. The highest BCUT2D eigenvalue weighted by atomic mass is 15.1. The highest BCUT2D eigenvalue weighted by molar-refractivity contribution is 6.19. The van der Waals surface area contributed by atoms with Crippen LogP contribution in [0.15, 0.2) is 47.5 Å². The lowest BCUT2D eigenvalue weighted by Gasteiger charge is -2.04. The number of hydrogen-bond acceptors (Lipinski definition) is 2.